The summed E-state index contributed by atoms with van der Waals surface area (Å²) >= 11 is 1.34. The van der Waals surface area contributed by atoms with Crippen molar-refractivity contribution in [3.63, 3.8) is 0 Å². The van der Waals surface area contributed by atoms with Crippen molar-refractivity contribution in [1.82, 2.24) is 14.8 Å². The fourth-order valence-electron chi connectivity index (χ4n) is 1.52. The number of nitrogens with zero attached hydrogens (tertiary/aromatic N) is 4. The highest BCUT2D eigenvalue weighted by Gasteiger charge is 2.19. The SMILES string of the molecule is CC(C)(C)c1csc(NC(=O)Cn2ccc([N+](=O)[O-])n2)n1. The van der Waals surface area contributed by atoms with Crippen molar-refractivity contribution < 1.29 is 9.72 Å². The van der Waals surface area contributed by atoms with Gasteiger partial charge in [-0.1, -0.05) is 20.8 Å². The highest BCUT2D eigenvalue weighted by molar-refractivity contribution is 7.13. The number of nitro groups is 1. The van der Waals surface area contributed by atoms with Gasteiger partial charge in [-0.25, -0.2) is 4.98 Å². The van der Waals surface area contributed by atoms with Crippen LogP contribution in [0.25, 0.3) is 0 Å². The Hall–Kier alpha value is -2.29. The first kappa shape index (κ1) is 15.1. The van der Waals surface area contributed by atoms with Crippen molar-refractivity contribution in [3.05, 3.63) is 33.5 Å². The van der Waals surface area contributed by atoms with Crippen molar-refractivity contribution in [3.8, 4) is 0 Å². The number of carbonyl (C=O) groups is 1. The molecule has 112 valence electrons. The highest BCUT2D eigenvalue weighted by atomic mass is 32.1. The number of amides is 1. The fraction of sp³-hybridized carbons (Fsp3) is 0.417. The second-order valence-electron chi connectivity index (χ2n) is 5.46. The monoisotopic (exact) mass is 309 g/mol. The summed E-state index contributed by atoms with van der Waals surface area (Å²) in [6.45, 7) is 6.02. The number of thiazole rings is 1. The molecule has 2 aromatic rings. The Bertz CT molecular complexity index is 670. The van der Waals surface area contributed by atoms with E-state index in [-0.39, 0.29) is 23.7 Å². The lowest BCUT2D eigenvalue weighted by molar-refractivity contribution is -0.389. The van der Waals surface area contributed by atoms with E-state index in [1.165, 1.54) is 28.3 Å². The van der Waals surface area contributed by atoms with Gasteiger partial charge in [-0.2, -0.15) is 4.68 Å². The molecule has 0 saturated carbocycles. The molecule has 9 heteroatoms. The van der Waals surface area contributed by atoms with Gasteiger partial charge in [0.05, 0.1) is 23.1 Å². The summed E-state index contributed by atoms with van der Waals surface area (Å²) < 4.78 is 1.21. The van der Waals surface area contributed by atoms with Gasteiger partial charge in [0.1, 0.15) is 6.54 Å². The van der Waals surface area contributed by atoms with Crippen LogP contribution in [0.3, 0.4) is 0 Å². The van der Waals surface area contributed by atoms with E-state index in [2.05, 4.69) is 15.4 Å². The zero-order valence-electron chi connectivity index (χ0n) is 11.9. The third kappa shape index (κ3) is 3.85. The van der Waals surface area contributed by atoms with Crippen molar-refractivity contribution in [2.24, 2.45) is 0 Å². The Labute approximate surface area is 125 Å². The minimum atomic E-state index is -0.606. The summed E-state index contributed by atoms with van der Waals surface area (Å²) in [4.78, 5) is 26.1. The molecule has 2 rings (SSSR count). The Balaban J connectivity index is 1.98. The summed E-state index contributed by atoms with van der Waals surface area (Å²) in [6, 6.07) is 1.24. The van der Waals surface area contributed by atoms with Crippen molar-refractivity contribution in [1.29, 1.82) is 0 Å². The van der Waals surface area contributed by atoms with Gasteiger partial charge in [0.2, 0.25) is 5.91 Å². The Morgan fingerprint density at radius 3 is 2.76 bits per heavy atom. The molecular formula is C12H15N5O3S. The van der Waals surface area contributed by atoms with E-state index >= 15 is 0 Å². The average Bonchev–Trinajstić information content (AvgIpc) is 2.97. The quantitative estimate of drug-likeness (QED) is 0.688. The van der Waals surface area contributed by atoms with Gasteiger partial charge in [-0.3, -0.25) is 4.79 Å². The molecule has 0 atom stereocenters. The Morgan fingerprint density at radius 1 is 1.52 bits per heavy atom. The van der Waals surface area contributed by atoms with Crippen LogP contribution in [0.5, 0.6) is 0 Å². The number of anilines is 1. The summed E-state index contributed by atoms with van der Waals surface area (Å²) in [5.74, 6) is -0.616. The Morgan fingerprint density at radius 2 is 2.24 bits per heavy atom. The van der Waals surface area contributed by atoms with E-state index in [0.717, 1.165) is 5.69 Å². The molecular weight excluding hydrogens is 294 g/mol. The van der Waals surface area contributed by atoms with Crippen LogP contribution in [0.4, 0.5) is 10.9 Å². The maximum absolute atomic E-state index is 11.8. The van der Waals surface area contributed by atoms with Gasteiger partial charge in [0.15, 0.2) is 5.13 Å². The molecule has 0 saturated heterocycles. The minimum absolute atomic E-state index is 0.0813. The number of aromatic nitrogens is 3. The predicted octanol–water partition coefficient (Wildman–Crippen LogP) is 2.18. The molecule has 21 heavy (non-hydrogen) atoms. The zero-order chi connectivity index (χ0) is 15.6. The van der Waals surface area contributed by atoms with Crippen LogP contribution < -0.4 is 5.32 Å². The van der Waals surface area contributed by atoms with Crippen LogP contribution in [-0.2, 0) is 16.8 Å². The number of hydrogen-bond donors (Lipinski definition) is 1. The maximum Gasteiger partial charge on any atom is 0.389 e. The van der Waals surface area contributed by atoms with Gasteiger partial charge < -0.3 is 15.4 Å². The summed E-state index contributed by atoms with van der Waals surface area (Å²) in [6.07, 6.45) is 1.39. The third-order valence-corrected chi connectivity index (χ3v) is 3.40. The van der Waals surface area contributed by atoms with Crippen LogP contribution in [-0.4, -0.2) is 25.6 Å². The number of hydrogen-bond acceptors (Lipinski definition) is 6. The molecule has 0 spiro atoms. The highest BCUT2D eigenvalue weighted by Crippen LogP contribution is 2.26. The fourth-order valence-corrected chi connectivity index (χ4v) is 2.47. The predicted molar refractivity (Wildman–Crippen MR) is 78.3 cm³/mol. The van der Waals surface area contributed by atoms with Gasteiger partial charge in [0.25, 0.3) is 0 Å². The molecule has 2 heterocycles. The van der Waals surface area contributed by atoms with E-state index in [9.17, 15) is 14.9 Å². The Kier molecular flexibility index (Phi) is 4.03. The topological polar surface area (TPSA) is 103 Å². The van der Waals surface area contributed by atoms with Gasteiger partial charge in [-0.15, -0.1) is 11.3 Å². The standard InChI is InChI=1S/C12H15N5O3S/c1-12(2,3)8-7-21-11(13-8)14-10(18)6-16-5-4-9(15-16)17(19)20/h4-5,7H,6H2,1-3H3,(H,13,14,18). The van der Waals surface area contributed by atoms with Crippen LogP contribution in [0.15, 0.2) is 17.6 Å². The molecule has 0 unspecified atom stereocenters. The van der Waals surface area contributed by atoms with Crippen LogP contribution in [0.2, 0.25) is 0 Å². The van der Waals surface area contributed by atoms with Crippen molar-refractivity contribution in [2.75, 3.05) is 5.32 Å². The lowest BCUT2D eigenvalue weighted by atomic mass is 9.93. The second-order valence-corrected chi connectivity index (χ2v) is 6.32. The van der Waals surface area contributed by atoms with Gasteiger partial charge in [0, 0.05) is 10.8 Å². The molecule has 0 fully saturated rings. The smallest absolute Gasteiger partial charge is 0.358 e. The molecule has 0 aromatic carbocycles. The van der Waals surface area contributed by atoms with E-state index in [0.29, 0.717) is 5.13 Å². The average molecular weight is 309 g/mol. The molecule has 0 radical (unpaired) electrons. The molecule has 0 bridgehead atoms. The summed E-state index contributed by atoms with van der Waals surface area (Å²) in [5.41, 5.74) is 0.819. The van der Waals surface area contributed by atoms with E-state index < -0.39 is 4.92 Å². The lowest BCUT2D eigenvalue weighted by Gasteiger charge is -2.14. The van der Waals surface area contributed by atoms with Crippen LogP contribution in [0.1, 0.15) is 26.5 Å². The molecule has 0 aliphatic carbocycles. The first-order valence-electron chi connectivity index (χ1n) is 6.19. The normalized spacial score (nSPS) is 11.4. The molecule has 0 aliphatic rings. The molecule has 0 aliphatic heterocycles. The van der Waals surface area contributed by atoms with Crippen LogP contribution >= 0.6 is 11.3 Å². The van der Waals surface area contributed by atoms with E-state index in [4.69, 9.17) is 0 Å². The first-order valence-corrected chi connectivity index (χ1v) is 7.07. The van der Waals surface area contributed by atoms with Gasteiger partial charge >= 0.3 is 5.82 Å². The lowest BCUT2D eigenvalue weighted by Crippen LogP contribution is -2.19. The third-order valence-electron chi connectivity index (χ3n) is 2.64. The number of carbonyl (C=O) groups excluding carboxylic acids is 1. The summed E-state index contributed by atoms with van der Waals surface area (Å²) in [7, 11) is 0. The molecule has 2 aromatic heterocycles. The maximum atomic E-state index is 11.8. The van der Waals surface area contributed by atoms with E-state index in [1.807, 2.05) is 26.2 Å². The van der Waals surface area contributed by atoms with Gasteiger partial charge in [-0.05, 0) is 4.92 Å². The zero-order valence-corrected chi connectivity index (χ0v) is 12.7. The number of nitrogens with one attached hydrogen (secondary N) is 1. The van der Waals surface area contributed by atoms with Crippen LogP contribution in [0, 0.1) is 10.1 Å². The molecule has 8 nitrogen and oxygen atoms in total. The van der Waals surface area contributed by atoms with Crippen molar-refractivity contribution >= 4 is 28.2 Å². The van der Waals surface area contributed by atoms with Crippen molar-refractivity contribution in [2.45, 2.75) is 32.7 Å². The molecule has 1 N–H and O–H groups in total. The van der Waals surface area contributed by atoms with E-state index in [1.54, 1.807) is 0 Å². The second kappa shape index (κ2) is 5.60. The first-order chi connectivity index (χ1) is 9.75. The number of rotatable bonds is 4. The minimum Gasteiger partial charge on any atom is -0.358 e. The largest absolute Gasteiger partial charge is 0.389 e. The molecule has 1 amide bonds. The summed E-state index contributed by atoms with van der Waals surface area (Å²) in [5, 5.41) is 19.2.